The maximum Gasteiger partial charge on any atom is 0.0712 e. The van der Waals surface area contributed by atoms with Gasteiger partial charge >= 0.3 is 0 Å². The summed E-state index contributed by atoms with van der Waals surface area (Å²) in [4.78, 5) is 5.01. The molecule has 3 nitrogen and oxygen atoms in total. The van der Waals surface area contributed by atoms with Gasteiger partial charge in [0, 0.05) is 10.8 Å². The number of hydrogen-bond acceptors (Lipinski definition) is 3. The van der Waals surface area contributed by atoms with Gasteiger partial charge in [-0.05, 0) is 94.0 Å². The van der Waals surface area contributed by atoms with E-state index < -0.39 is 0 Å². The number of nitrogens with zero attached hydrogens (tertiary/aromatic N) is 1. The lowest BCUT2D eigenvalue weighted by atomic mass is 10.0. The Morgan fingerprint density at radius 3 is 1.42 bits per heavy atom. The summed E-state index contributed by atoms with van der Waals surface area (Å²) in [7, 11) is 0. The van der Waals surface area contributed by atoms with Crippen molar-refractivity contribution in [2.24, 2.45) is 0 Å². The number of benzene rings is 2. The van der Waals surface area contributed by atoms with Crippen LogP contribution >= 0.6 is 37.2 Å². The van der Waals surface area contributed by atoms with Gasteiger partial charge in [0.1, 0.15) is 0 Å². The number of hydrogen-bond donors (Lipinski definition) is 2. The number of fused-ring (bicyclic) bond motifs is 2. The Labute approximate surface area is 219 Å². The summed E-state index contributed by atoms with van der Waals surface area (Å²) in [6.45, 7) is 8.95. The Morgan fingerprint density at radius 1 is 0.576 bits per heavy atom. The molecule has 0 bridgehead atoms. The monoisotopic (exact) mass is 513 g/mol. The molecule has 0 saturated heterocycles. The molecule has 1 heterocycles. The highest BCUT2D eigenvalue weighted by atomic mass is 35.5. The number of aromatic nitrogens is 1. The molecule has 0 atom stereocenters. The van der Waals surface area contributed by atoms with E-state index in [2.05, 4.69) is 66.9 Å². The average Bonchev–Trinajstić information content (AvgIpc) is 2.77. The maximum atomic E-state index is 5.01. The Kier molecular flexibility index (Phi) is 17.6. The van der Waals surface area contributed by atoms with Gasteiger partial charge in [0.15, 0.2) is 0 Å². The van der Waals surface area contributed by atoms with E-state index >= 15 is 0 Å². The van der Waals surface area contributed by atoms with E-state index in [1.54, 1.807) is 0 Å². The van der Waals surface area contributed by atoms with E-state index in [0.29, 0.717) is 0 Å². The number of nitrogens with one attached hydrogen (secondary N) is 2. The molecule has 3 aromatic rings. The second-order valence-corrected chi connectivity index (χ2v) is 8.46. The van der Waals surface area contributed by atoms with Crippen LogP contribution in [0.4, 0.5) is 0 Å². The first-order valence-corrected chi connectivity index (χ1v) is 12.0. The average molecular weight is 515 g/mol. The normalized spacial score (nSPS) is 10.5. The standard InChI is InChI=1S/C27H39N3.3ClH/c1-3-5-15-28-17-7-9-22-11-13-24-21-25-14-12-23(10-8-18-29-16-6-4-2)20-27(25)30-26(24)19-22;;;/h11-14,19-21,28-29H,3-10,15-18H2,1-2H3;3*1H. The van der Waals surface area contributed by atoms with Crippen molar-refractivity contribution in [3.8, 4) is 0 Å². The van der Waals surface area contributed by atoms with Gasteiger partial charge in [-0.2, -0.15) is 0 Å². The molecule has 3 rings (SSSR count). The molecule has 2 aromatic carbocycles. The zero-order chi connectivity index (χ0) is 21.0. The van der Waals surface area contributed by atoms with Gasteiger partial charge in [-0.1, -0.05) is 51.0 Å². The van der Waals surface area contributed by atoms with Crippen LogP contribution in [-0.4, -0.2) is 31.2 Å². The summed E-state index contributed by atoms with van der Waals surface area (Å²) < 4.78 is 0. The quantitative estimate of drug-likeness (QED) is 0.175. The highest BCUT2D eigenvalue weighted by Crippen LogP contribution is 2.22. The number of halogens is 3. The van der Waals surface area contributed by atoms with Gasteiger partial charge in [0.25, 0.3) is 0 Å². The lowest BCUT2D eigenvalue weighted by Crippen LogP contribution is -2.16. The summed E-state index contributed by atoms with van der Waals surface area (Å²) >= 11 is 0. The summed E-state index contributed by atoms with van der Waals surface area (Å²) in [5, 5.41) is 9.54. The van der Waals surface area contributed by atoms with Crippen LogP contribution in [0.25, 0.3) is 21.8 Å². The molecule has 186 valence electrons. The third kappa shape index (κ3) is 10.8. The number of unbranched alkanes of at least 4 members (excludes halogenated alkanes) is 2. The van der Waals surface area contributed by atoms with Crippen molar-refractivity contribution < 1.29 is 0 Å². The third-order valence-corrected chi connectivity index (χ3v) is 5.79. The Morgan fingerprint density at radius 2 is 1.00 bits per heavy atom. The number of aryl methyl sites for hydroxylation is 2. The first-order chi connectivity index (χ1) is 14.8. The molecular weight excluding hydrogens is 473 g/mol. The fraction of sp³-hybridized carbons (Fsp3) is 0.519. The molecule has 1 aromatic heterocycles. The topological polar surface area (TPSA) is 37.0 Å². The molecule has 2 N–H and O–H groups in total. The molecular formula is C27H42Cl3N3. The minimum Gasteiger partial charge on any atom is -0.317 e. The highest BCUT2D eigenvalue weighted by molar-refractivity contribution is 5.93. The second-order valence-electron chi connectivity index (χ2n) is 8.46. The van der Waals surface area contributed by atoms with E-state index in [4.69, 9.17) is 4.98 Å². The van der Waals surface area contributed by atoms with Gasteiger partial charge < -0.3 is 10.6 Å². The van der Waals surface area contributed by atoms with Crippen LogP contribution in [0.3, 0.4) is 0 Å². The van der Waals surface area contributed by atoms with Crippen molar-refractivity contribution in [2.75, 3.05) is 26.2 Å². The van der Waals surface area contributed by atoms with Crippen molar-refractivity contribution in [2.45, 2.75) is 65.2 Å². The zero-order valence-corrected chi connectivity index (χ0v) is 22.6. The lowest BCUT2D eigenvalue weighted by molar-refractivity contribution is 0.617. The van der Waals surface area contributed by atoms with Crippen molar-refractivity contribution in [1.29, 1.82) is 0 Å². The molecule has 0 fully saturated rings. The lowest BCUT2D eigenvalue weighted by Gasteiger charge is -2.08. The summed E-state index contributed by atoms with van der Waals surface area (Å²) in [6.07, 6.45) is 9.64. The summed E-state index contributed by atoms with van der Waals surface area (Å²) in [5.74, 6) is 0. The number of rotatable bonds is 14. The molecule has 0 aliphatic carbocycles. The Bertz CT molecular complexity index is 847. The van der Waals surface area contributed by atoms with E-state index in [1.165, 1.54) is 60.4 Å². The van der Waals surface area contributed by atoms with Crippen molar-refractivity contribution >= 4 is 59.0 Å². The van der Waals surface area contributed by atoms with Gasteiger partial charge in [-0.3, -0.25) is 0 Å². The van der Waals surface area contributed by atoms with Gasteiger partial charge in [0.05, 0.1) is 11.0 Å². The van der Waals surface area contributed by atoms with E-state index in [0.717, 1.165) is 50.1 Å². The molecule has 0 spiro atoms. The van der Waals surface area contributed by atoms with E-state index in [-0.39, 0.29) is 37.2 Å². The van der Waals surface area contributed by atoms with Crippen LogP contribution in [0.1, 0.15) is 63.5 Å². The maximum absolute atomic E-state index is 5.01. The number of pyridine rings is 1. The predicted octanol–water partition coefficient (Wildman–Crippen LogP) is 7.30. The fourth-order valence-corrected chi connectivity index (χ4v) is 3.91. The fourth-order valence-electron chi connectivity index (χ4n) is 3.91. The zero-order valence-electron chi connectivity index (χ0n) is 20.2. The molecule has 0 amide bonds. The van der Waals surface area contributed by atoms with Crippen LogP contribution in [-0.2, 0) is 12.8 Å². The van der Waals surface area contributed by atoms with Crippen molar-refractivity contribution in [1.82, 2.24) is 15.6 Å². The Balaban J connectivity index is 0.00000341. The third-order valence-electron chi connectivity index (χ3n) is 5.79. The Hall–Kier alpha value is -1.10. The van der Waals surface area contributed by atoms with Crippen LogP contribution < -0.4 is 10.6 Å². The summed E-state index contributed by atoms with van der Waals surface area (Å²) in [6, 6.07) is 15.8. The van der Waals surface area contributed by atoms with Crippen LogP contribution in [0.5, 0.6) is 0 Å². The van der Waals surface area contributed by atoms with Crippen LogP contribution in [0.2, 0.25) is 0 Å². The smallest absolute Gasteiger partial charge is 0.0712 e. The second kappa shape index (κ2) is 18.3. The molecule has 0 radical (unpaired) electrons. The van der Waals surface area contributed by atoms with Gasteiger partial charge in [-0.15, -0.1) is 37.2 Å². The van der Waals surface area contributed by atoms with E-state index in [9.17, 15) is 0 Å². The minimum atomic E-state index is 0. The van der Waals surface area contributed by atoms with Gasteiger partial charge in [-0.25, -0.2) is 4.98 Å². The molecule has 6 heteroatoms. The molecule has 0 aliphatic rings. The first kappa shape index (κ1) is 31.9. The summed E-state index contributed by atoms with van der Waals surface area (Å²) in [5.41, 5.74) is 5.02. The molecule has 0 unspecified atom stereocenters. The molecule has 0 aliphatic heterocycles. The first-order valence-electron chi connectivity index (χ1n) is 12.0. The van der Waals surface area contributed by atoms with Crippen LogP contribution in [0, 0.1) is 0 Å². The SMILES string of the molecule is CCCCNCCCc1ccc2cc3ccc(CCCNCCCC)cc3nc2c1.Cl.Cl.Cl. The van der Waals surface area contributed by atoms with Gasteiger partial charge in [0.2, 0.25) is 0 Å². The van der Waals surface area contributed by atoms with E-state index in [1.807, 2.05) is 0 Å². The predicted molar refractivity (Wildman–Crippen MR) is 153 cm³/mol. The van der Waals surface area contributed by atoms with Crippen molar-refractivity contribution in [3.63, 3.8) is 0 Å². The van der Waals surface area contributed by atoms with Crippen LogP contribution in [0.15, 0.2) is 42.5 Å². The van der Waals surface area contributed by atoms with Crippen molar-refractivity contribution in [3.05, 3.63) is 53.6 Å². The molecule has 33 heavy (non-hydrogen) atoms. The largest absolute Gasteiger partial charge is 0.317 e. The molecule has 0 saturated carbocycles. The minimum absolute atomic E-state index is 0. The highest BCUT2D eigenvalue weighted by Gasteiger charge is 2.04.